The van der Waals surface area contributed by atoms with Gasteiger partial charge in [0.15, 0.2) is 0 Å². The van der Waals surface area contributed by atoms with Crippen LogP contribution in [0.3, 0.4) is 0 Å². The first-order valence-electron chi connectivity index (χ1n) is 5.37. The first kappa shape index (κ1) is 9.71. The highest BCUT2D eigenvalue weighted by molar-refractivity contribution is 5.10. The Labute approximate surface area is 85.3 Å². The Bertz CT molecular complexity index is 310. The van der Waals surface area contributed by atoms with Gasteiger partial charge in [0.05, 0.1) is 11.7 Å². The maximum Gasteiger partial charge on any atom is 0.0797 e. The van der Waals surface area contributed by atoms with Crippen molar-refractivity contribution >= 4 is 0 Å². The average molecular weight is 193 g/mol. The van der Waals surface area contributed by atoms with Crippen LogP contribution in [0, 0.1) is 5.41 Å². The van der Waals surface area contributed by atoms with Crippen molar-refractivity contribution < 1.29 is 0 Å². The molecule has 14 heavy (non-hydrogen) atoms. The number of hydrogen-bond donors (Lipinski definition) is 1. The summed E-state index contributed by atoms with van der Waals surface area (Å²) >= 11 is 0. The quantitative estimate of drug-likeness (QED) is 0.780. The first-order chi connectivity index (χ1) is 6.62. The van der Waals surface area contributed by atoms with E-state index in [1.807, 2.05) is 24.0 Å². The summed E-state index contributed by atoms with van der Waals surface area (Å²) in [5.74, 6) is 0. The van der Waals surface area contributed by atoms with Gasteiger partial charge in [-0.1, -0.05) is 19.8 Å². The fraction of sp³-hybridized carbons (Fsp3) is 0.727. The monoisotopic (exact) mass is 193 g/mol. The van der Waals surface area contributed by atoms with Gasteiger partial charge < -0.3 is 5.73 Å². The smallest absolute Gasteiger partial charge is 0.0797 e. The fourth-order valence-electron chi connectivity index (χ4n) is 2.45. The van der Waals surface area contributed by atoms with E-state index in [0.29, 0.717) is 0 Å². The largest absolute Gasteiger partial charge is 0.322 e. The number of aromatic nitrogens is 2. The van der Waals surface area contributed by atoms with E-state index in [1.54, 1.807) is 0 Å². The van der Waals surface area contributed by atoms with E-state index >= 15 is 0 Å². The van der Waals surface area contributed by atoms with Crippen LogP contribution in [0.4, 0.5) is 0 Å². The lowest BCUT2D eigenvalue weighted by molar-refractivity contribution is 0.260. The van der Waals surface area contributed by atoms with Gasteiger partial charge in [0.1, 0.15) is 0 Å². The van der Waals surface area contributed by atoms with E-state index in [4.69, 9.17) is 5.73 Å². The summed E-state index contributed by atoms with van der Waals surface area (Å²) in [7, 11) is 1.94. The lowest BCUT2D eigenvalue weighted by Gasteiger charge is -2.29. The molecular weight excluding hydrogens is 174 g/mol. The summed E-state index contributed by atoms with van der Waals surface area (Å²) in [5.41, 5.74) is 7.58. The third-order valence-corrected chi connectivity index (χ3v) is 3.55. The van der Waals surface area contributed by atoms with Gasteiger partial charge >= 0.3 is 0 Å². The Kier molecular flexibility index (Phi) is 2.35. The van der Waals surface area contributed by atoms with Gasteiger partial charge in [-0.2, -0.15) is 5.10 Å². The molecule has 1 aromatic rings. The minimum atomic E-state index is 0.103. The molecule has 78 valence electrons. The lowest BCUT2D eigenvalue weighted by Crippen LogP contribution is -2.29. The molecule has 0 bridgehead atoms. The number of rotatable bonds is 2. The molecule has 1 aliphatic carbocycles. The van der Waals surface area contributed by atoms with Crippen molar-refractivity contribution in [1.82, 2.24) is 9.78 Å². The molecule has 0 aromatic carbocycles. The molecule has 0 unspecified atom stereocenters. The predicted molar refractivity (Wildman–Crippen MR) is 56.7 cm³/mol. The molecule has 2 rings (SSSR count). The Hall–Kier alpha value is -0.830. The maximum absolute atomic E-state index is 6.27. The van der Waals surface area contributed by atoms with Gasteiger partial charge in [-0.15, -0.1) is 0 Å². The molecule has 1 aliphatic rings. The van der Waals surface area contributed by atoms with Crippen molar-refractivity contribution in [2.45, 2.75) is 38.6 Å². The highest BCUT2D eigenvalue weighted by atomic mass is 15.3. The van der Waals surface area contributed by atoms with Gasteiger partial charge in [0.2, 0.25) is 0 Å². The van der Waals surface area contributed by atoms with E-state index in [2.05, 4.69) is 12.0 Å². The van der Waals surface area contributed by atoms with Crippen LogP contribution in [0.1, 0.15) is 44.3 Å². The highest BCUT2D eigenvalue weighted by Gasteiger charge is 2.36. The molecule has 0 aliphatic heterocycles. The Morgan fingerprint density at radius 3 is 2.64 bits per heavy atom. The second-order valence-corrected chi connectivity index (χ2v) is 4.75. The molecule has 3 heteroatoms. The summed E-state index contributed by atoms with van der Waals surface area (Å²) in [6.07, 6.45) is 7.08. The minimum absolute atomic E-state index is 0.103. The first-order valence-corrected chi connectivity index (χ1v) is 5.37. The zero-order valence-electron chi connectivity index (χ0n) is 9.03. The van der Waals surface area contributed by atoms with E-state index in [-0.39, 0.29) is 11.5 Å². The second kappa shape index (κ2) is 3.39. The minimum Gasteiger partial charge on any atom is -0.322 e. The molecule has 0 amide bonds. The van der Waals surface area contributed by atoms with Crippen LogP contribution in [0.15, 0.2) is 12.3 Å². The number of hydrogen-bond acceptors (Lipinski definition) is 2. The maximum atomic E-state index is 6.27. The average Bonchev–Trinajstić information content (AvgIpc) is 2.74. The molecule has 1 fully saturated rings. The summed E-state index contributed by atoms with van der Waals surface area (Å²) in [4.78, 5) is 0. The normalized spacial score (nSPS) is 22.5. The van der Waals surface area contributed by atoms with Crippen molar-refractivity contribution in [1.29, 1.82) is 0 Å². The van der Waals surface area contributed by atoms with Crippen LogP contribution in [-0.2, 0) is 7.05 Å². The molecule has 2 N–H and O–H groups in total. The van der Waals surface area contributed by atoms with Crippen LogP contribution >= 0.6 is 0 Å². The molecule has 3 nitrogen and oxygen atoms in total. The Balaban J connectivity index is 2.18. The van der Waals surface area contributed by atoms with E-state index < -0.39 is 0 Å². The summed E-state index contributed by atoms with van der Waals surface area (Å²) in [5, 5.41) is 4.39. The van der Waals surface area contributed by atoms with Crippen LogP contribution in [-0.4, -0.2) is 9.78 Å². The summed E-state index contributed by atoms with van der Waals surface area (Å²) in [6, 6.07) is 2.14. The molecule has 0 radical (unpaired) electrons. The van der Waals surface area contributed by atoms with Crippen molar-refractivity contribution in [2.24, 2.45) is 18.2 Å². The SMILES string of the molecule is Cn1ccc([C@H](N)C2(C)CCCC2)n1. The Morgan fingerprint density at radius 2 is 2.14 bits per heavy atom. The highest BCUT2D eigenvalue weighted by Crippen LogP contribution is 2.45. The van der Waals surface area contributed by atoms with Gasteiger partial charge in [0.25, 0.3) is 0 Å². The lowest BCUT2D eigenvalue weighted by atomic mass is 9.80. The fourth-order valence-corrected chi connectivity index (χ4v) is 2.45. The van der Waals surface area contributed by atoms with Gasteiger partial charge in [0, 0.05) is 13.2 Å². The van der Waals surface area contributed by atoms with Gasteiger partial charge in [-0.3, -0.25) is 4.68 Å². The van der Waals surface area contributed by atoms with Gasteiger partial charge in [-0.05, 0) is 24.3 Å². The summed E-state index contributed by atoms with van der Waals surface area (Å²) in [6.45, 7) is 2.29. The van der Waals surface area contributed by atoms with Crippen molar-refractivity contribution in [3.05, 3.63) is 18.0 Å². The van der Waals surface area contributed by atoms with Crippen LogP contribution in [0.5, 0.6) is 0 Å². The molecule has 0 spiro atoms. The summed E-state index contributed by atoms with van der Waals surface area (Å²) < 4.78 is 1.83. The molecule has 1 atom stereocenters. The van der Waals surface area contributed by atoms with Crippen molar-refractivity contribution in [2.75, 3.05) is 0 Å². The number of nitrogens with zero attached hydrogens (tertiary/aromatic N) is 2. The molecular formula is C11H19N3. The molecule has 1 aromatic heterocycles. The van der Waals surface area contributed by atoms with Crippen molar-refractivity contribution in [3.63, 3.8) is 0 Å². The van der Waals surface area contributed by atoms with Crippen LogP contribution in [0.25, 0.3) is 0 Å². The van der Waals surface area contributed by atoms with Crippen LogP contribution in [0.2, 0.25) is 0 Å². The van der Waals surface area contributed by atoms with E-state index in [9.17, 15) is 0 Å². The topological polar surface area (TPSA) is 43.8 Å². The van der Waals surface area contributed by atoms with E-state index in [0.717, 1.165) is 5.69 Å². The molecule has 1 saturated carbocycles. The third-order valence-electron chi connectivity index (χ3n) is 3.55. The zero-order chi connectivity index (χ0) is 10.2. The third kappa shape index (κ3) is 1.57. The number of nitrogens with two attached hydrogens (primary N) is 1. The number of aryl methyl sites for hydroxylation is 1. The van der Waals surface area contributed by atoms with E-state index in [1.165, 1.54) is 25.7 Å². The van der Waals surface area contributed by atoms with Gasteiger partial charge in [-0.25, -0.2) is 0 Å². The standard InChI is InChI=1S/C11H19N3/c1-11(6-3-4-7-11)10(12)9-5-8-14(2)13-9/h5,8,10H,3-4,6-7,12H2,1-2H3/t10-/m0/s1. The predicted octanol–water partition coefficient (Wildman–Crippen LogP) is 2.00. The molecule has 0 saturated heterocycles. The van der Waals surface area contributed by atoms with Crippen molar-refractivity contribution in [3.8, 4) is 0 Å². The molecule has 1 heterocycles. The zero-order valence-corrected chi connectivity index (χ0v) is 9.03. The van der Waals surface area contributed by atoms with Crippen LogP contribution < -0.4 is 5.73 Å². The Morgan fingerprint density at radius 1 is 1.50 bits per heavy atom. The second-order valence-electron chi connectivity index (χ2n) is 4.75.